The maximum Gasteiger partial charge on any atom is 0.344 e. The van der Waals surface area contributed by atoms with Gasteiger partial charge in [-0.05, 0) is 25.5 Å². The molecule has 0 radical (unpaired) electrons. The van der Waals surface area contributed by atoms with Gasteiger partial charge in [-0.2, -0.15) is 0 Å². The number of carbonyl (C=O) groups is 2. The molecule has 0 aliphatic heterocycles. The topological polar surface area (TPSA) is 71.1 Å². The monoisotopic (exact) mass is 434 g/mol. The lowest BCUT2D eigenvalue weighted by molar-refractivity contribution is -0.145. The van der Waals surface area contributed by atoms with Crippen molar-refractivity contribution in [2.75, 3.05) is 26.4 Å². The van der Waals surface area contributed by atoms with Crippen LogP contribution in [0.4, 0.5) is 0 Å². The lowest BCUT2D eigenvalue weighted by Gasteiger charge is -2.19. The van der Waals surface area contributed by atoms with E-state index in [1.807, 2.05) is 50.2 Å². The van der Waals surface area contributed by atoms with Crippen molar-refractivity contribution in [3.8, 4) is 11.5 Å². The van der Waals surface area contributed by atoms with E-state index in [4.69, 9.17) is 18.9 Å². The van der Waals surface area contributed by atoms with Crippen molar-refractivity contribution in [2.24, 2.45) is 0 Å². The Kier molecular flexibility index (Phi) is 7.49. The Morgan fingerprint density at radius 1 is 0.812 bits per heavy atom. The first kappa shape index (κ1) is 22.9. The lowest BCUT2D eigenvalue weighted by Crippen LogP contribution is -2.16. The molecule has 0 heterocycles. The van der Waals surface area contributed by atoms with Crippen LogP contribution in [0, 0.1) is 13.8 Å². The predicted molar refractivity (Wildman–Crippen MR) is 124 cm³/mol. The number of aryl methyl sites for hydroxylation is 2. The van der Waals surface area contributed by atoms with Gasteiger partial charge in [0.25, 0.3) is 0 Å². The molecule has 0 amide bonds. The SMILES string of the molecule is C=CCOC(=O)COc1c2cc(C)ccc2c(OCC(=O)OCC=C)c2c(C)cccc12. The van der Waals surface area contributed by atoms with Crippen LogP contribution < -0.4 is 9.47 Å². The largest absolute Gasteiger partial charge is 0.481 e. The van der Waals surface area contributed by atoms with Gasteiger partial charge in [-0.15, -0.1) is 0 Å². The van der Waals surface area contributed by atoms with Crippen LogP contribution in [0.1, 0.15) is 11.1 Å². The van der Waals surface area contributed by atoms with Crippen molar-refractivity contribution in [1.29, 1.82) is 0 Å². The quantitative estimate of drug-likeness (QED) is 0.259. The zero-order chi connectivity index (χ0) is 23.1. The summed E-state index contributed by atoms with van der Waals surface area (Å²) in [4.78, 5) is 24.1. The van der Waals surface area contributed by atoms with Crippen LogP contribution in [-0.4, -0.2) is 38.4 Å². The van der Waals surface area contributed by atoms with Gasteiger partial charge in [-0.1, -0.05) is 61.2 Å². The molecule has 32 heavy (non-hydrogen) atoms. The molecule has 166 valence electrons. The summed E-state index contributed by atoms with van der Waals surface area (Å²) >= 11 is 0. The smallest absolute Gasteiger partial charge is 0.344 e. The second-order valence-electron chi connectivity index (χ2n) is 7.23. The highest BCUT2D eigenvalue weighted by Gasteiger charge is 2.20. The van der Waals surface area contributed by atoms with Gasteiger partial charge in [0, 0.05) is 21.5 Å². The number of esters is 2. The molecule has 3 rings (SSSR count). The fraction of sp³-hybridized carbons (Fsp3) is 0.231. The summed E-state index contributed by atoms with van der Waals surface area (Å²) in [6, 6.07) is 11.6. The summed E-state index contributed by atoms with van der Waals surface area (Å²) in [6.45, 7) is 10.8. The summed E-state index contributed by atoms with van der Waals surface area (Å²) in [5, 5.41) is 3.11. The second-order valence-corrected chi connectivity index (χ2v) is 7.23. The molecule has 3 aromatic carbocycles. The van der Waals surface area contributed by atoms with E-state index in [-0.39, 0.29) is 26.4 Å². The average Bonchev–Trinajstić information content (AvgIpc) is 2.78. The van der Waals surface area contributed by atoms with E-state index in [1.165, 1.54) is 12.2 Å². The third-order valence-corrected chi connectivity index (χ3v) is 4.80. The summed E-state index contributed by atoms with van der Waals surface area (Å²) in [5.74, 6) is 0.138. The van der Waals surface area contributed by atoms with Gasteiger partial charge in [-0.25, -0.2) is 9.59 Å². The number of ether oxygens (including phenoxy) is 4. The van der Waals surface area contributed by atoms with E-state index in [9.17, 15) is 9.59 Å². The minimum Gasteiger partial charge on any atom is -0.481 e. The predicted octanol–water partition coefficient (Wildman–Crippen LogP) is 4.83. The van der Waals surface area contributed by atoms with Crippen LogP contribution in [0.15, 0.2) is 61.7 Å². The summed E-state index contributed by atoms with van der Waals surface area (Å²) < 4.78 is 22.0. The first-order chi connectivity index (χ1) is 15.5. The molecule has 3 aromatic rings. The minimum atomic E-state index is -0.489. The fourth-order valence-electron chi connectivity index (χ4n) is 3.44. The maximum absolute atomic E-state index is 12.0. The lowest BCUT2D eigenvalue weighted by atomic mass is 9.96. The standard InChI is InChI=1S/C26H26O6/c1-5-12-29-22(27)15-31-25-20-9-7-8-18(4)24(20)26(32-16-23(28)30-13-6-2)19-11-10-17(3)14-21(19)25/h5-11,14H,1-2,12-13,15-16H2,3-4H3. The van der Waals surface area contributed by atoms with Crippen molar-refractivity contribution in [3.63, 3.8) is 0 Å². The van der Waals surface area contributed by atoms with Crippen molar-refractivity contribution >= 4 is 33.5 Å². The second kappa shape index (κ2) is 10.5. The highest BCUT2D eigenvalue weighted by Crippen LogP contribution is 2.44. The highest BCUT2D eigenvalue weighted by molar-refractivity contribution is 6.12. The third kappa shape index (κ3) is 5.09. The Bertz CT molecular complexity index is 1170. The normalized spacial score (nSPS) is 10.6. The molecular weight excluding hydrogens is 408 g/mol. The van der Waals surface area contributed by atoms with Crippen LogP contribution in [0.3, 0.4) is 0 Å². The number of benzene rings is 3. The Balaban J connectivity index is 2.11. The van der Waals surface area contributed by atoms with Crippen LogP contribution in [0.5, 0.6) is 11.5 Å². The average molecular weight is 434 g/mol. The van der Waals surface area contributed by atoms with E-state index in [1.54, 1.807) is 0 Å². The minimum absolute atomic E-state index is 0.122. The van der Waals surface area contributed by atoms with Crippen LogP contribution >= 0.6 is 0 Å². The fourth-order valence-corrected chi connectivity index (χ4v) is 3.44. The first-order valence-corrected chi connectivity index (χ1v) is 10.2. The van der Waals surface area contributed by atoms with Gasteiger partial charge < -0.3 is 18.9 Å². The summed E-state index contributed by atoms with van der Waals surface area (Å²) in [5.41, 5.74) is 1.96. The molecule has 0 aliphatic carbocycles. The van der Waals surface area contributed by atoms with Crippen LogP contribution in [-0.2, 0) is 19.1 Å². The first-order valence-electron chi connectivity index (χ1n) is 10.2. The molecule has 6 heteroatoms. The van der Waals surface area contributed by atoms with E-state index in [0.29, 0.717) is 11.5 Å². The van der Waals surface area contributed by atoms with E-state index < -0.39 is 11.9 Å². The van der Waals surface area contributed by atoms with Gasteiger partial charge in [-0.3, -0.25) is 0 Å². The zero-order valence-corrected chi connectivity index (χ0v) is 18.3. The molecule has 6 nitrogen and oxygen atoms in total. The molecule has 0 spiro atoms. The molecule has 0 aromatic heterocycles. The number of fused-ring (bicyclic) bond motifs is 2. The number of hydrogen-bond donors (Lipinski definition) is 0. The van der Waals surface area contributed by atoms with Crippen LogP contribution in [0.2, 0.25) is 0 Å². The number of carbonyl (C=O) groups excluding carboxylic acids is 2. The van der Waals surface area contributed by atoms with Crippen molar-refractivity contribution < 1.29 is 28.5 Å². The molecule has 0 fully saturated rings. The Morgan fingerprint density at radius 3 is 2.06 bits per heavy atom. The van der Waals surface area contributed by atoms with Crippen LogP contribution in [0.25, 0.3) is 21.5 Å². The van der Waals surface area contributed by atoms with E-state index in [2.05, 4.69) is 13.2 Å². The molecule has 0 saturated heterocycles. The molecule has 0 bridgehead atoms. The van der Waals surface area contributed by atoms with Gasteiger partial charge in [0.1, 0.15) is 24.7 Å². The molecule has 0 N–H and O–H groups in total. The molecule has 0 atom stereocenters. The number of rotatable bonds is 10. The summed E-state index contributed by atoms with van der Waals surface area (Å²) in [6.07, 6.45) is 3.00. The van der Waals surface area contributed by atoms with E-state index in [0.717, 1.165) is 32.7 Å². The van der Waals surface area contributed by atoms with Gasteiger partial charge in [0.15, 0.2) is 13.2 Å². The van der Waals surface area contributed by atoms with E-state index >= 15 is 0 Å². The molecule has 0 saturated carbocycles. The third-order valence-electron chi connectivity index (χ3n) is 4.80. The van der Waals surface area contributed by atoms with Gasteiger partial charge >= 0.3 is 11.9 Å². The van der Waals surface area contributed by atoms with Gasteiger partial charge in [0.2, 0.25) is 0 Å². The molecular formula is C26H26O6. The van der Waals surface area contributed by atoms with Crippen molar-refractivity contribution in [2.45, 2.75) is 13.8 Å². The van der Waals surface area contributed by atoms with Crippen molar-refractivity contribution in [3.05, 3.63) is 72.8 Å². The molecule has 0 aliphatic rings. The summed E-state index contributed by atoms with van der Waals surface area (Å²) in [7, 11) is 0. The highest BCUT2D eigenvalue weighted by atomic mass is 16.6. The van der Waals surface area contributed by atoms with Crippen molar-refractivity contribution in [1.82, 2.24) is 0 Å². The Morgan fingerprint density at radius 2 is 1.44 bits per heavy atom. The zero-order valence-electron chi connectivity index (χ0n) is 18.3. The maximum atomic E-state index is 12.0. The Hall–Kier alpha value is -3.80. The Labute approximate surface area is 187 Å². The number of hydrogen-bond acceptors (Lipinski definition) is 6. The van der Waals surface area contributed by atoms with Gasteiger partial charge in [0.05, 0.1) is 0 Å². The molecule has 0 unspecified atom stereocenters.